The van der Waals surface area contributed by atoms with Gasteiger partial charge in [0.05, 0.1) is 5.69 Å². The Hall–Kier alpha value is -1.42. The number of nitrogens with zero attached hydrogens (tertiary/aromatic N) is 3. The van der Waals surface area contributed by atoms with E-state index in [1.54, 1.807) is 0 Å². The summed E-state index contributed by atoms with van der Waals surface area (Å²) in [6, 6.07) is 2.90. The van der Waals surface area contributed by atoms with E-state index in [2.05, 4.69) is 28.4 Å². The standard InChI is InChI=1S/C17H26N4/c1-12-5-4-6-15(8-7-12)18-10-14-9-16-13(2)20-21(3)17(16)19-11-14/h9,11-12,15,18H,4-8,10H2,1-3H3. The van der Waals surface area contributed by atoms with Crippen LogP contribution in [0.25, 0.3) is 11.0 Å². The average Bonchev–Trinajstić information content (AvgIpc) is 2.64. The lowest BCUT2D eigenvalue weighted by molar-refractivity contribution is 0.447. The number of hydrogen-bond donors (Lipinski definition) is 1. The molecule has 3 rings (SSSR count). The molecule has 0 saturated heterocycles. The maximum atomic E-state index is 4.56. The highest BCUT2D eigenvalue weighted by molar-refractivity contribution is 5.78. The number of rotatable bonds is 3. The van der Waals surface area contributed by atoms with Crippen LogP contribution in [0.3, 0.4) is 0 Å². The van der Waals surface area contributed by atoms with Crippen molar-refractivity contribution >= 4 is 11.0 Å². The first-order chi connectivity index (χ1) is 10.1. The highest BCUT2D eigenvalue weighted by Gasteiger charge is 2.16. The first kappa shape index (κ1) is 14.5. The Morgan fingerprint density at radius 2 is 2.14 bits per heavy atom. The van der Waals surface area contributed by atoms with Gasteiger partial charge in [-0.2, -0.15) is 5.10 Å². The molecule has 114 valence electrons. The van der Waals surface area contributed by atoms with Crippen molar-refractivity contribution in [2.24, 2.45) is 13.0 Å². The predicted octanol–water partition coefficient (Wildman–Crippen LogP) is 3.34. The zero-order valence-electron chi connectivity index (χ0n) is 13.4. The second-order valence-electron chi connectivity index (χ2n) is 6.62. The first-order valence-corrected chi connectivity index (χ1v) is 8.15. The summed E-state index contributed by atoms with van der Waals surface area (Å²) in [5, 5.41) is 9.33. The molecule has 0 amide bonds. The zero-order chi connectivity index (χ0) is 14.8. The summed E-state index contributed by atoms with van der Waals surface area (Å²) in [4.78, 5) is 4.56. The fourth-order valence-corrected chi connectivity index (χ4v) is 3.40. The van der Waals surface area contributed by atoms with Crippen LogP contribution < -0.4 is 5.32 Å². The molecule has 21 heavy (non-hydrogen) atoms. The lowest BCUT2D eigenvalue weighted by Gasteiger charge is -2.16. The van der Waals surface area contributed by atoms with Crippen LogP contribution >= 0.6 is 0 Å². The van der Waals surface area contributed by atoms with Crippen LogP contribution in [0.5, 0.6) is 0 Å². The molecule has 0 radical (unpaired) electrons. The molecule has 0 spiro atoms. The van der Waals surface area contributed by atoms with Crippen molar-refractivity contribution in [3.63, 3.8) is 0 Å². The normalized spacial score (nSPS) is 23.4. The average molecular weight is 286 g/mol. The van der Waals surface area contributed by atoms with Crippen molar-refractivity contribution in [1.29, 1.82) is 0 Å². The van der Waals surface area contributed by atoms with Crippen molar-refractivity contribution in [2.75, 3.05) is 0 Å². The Bertz CT molecular complexity index is 617. The van der Waals surface area contributed by atoms with Gasteiger partial charge in [0, 0.05) is 31.2 Å². The molecule has 4 heteroatoms. The number of nitrogens with one attached hydrogen (secondary N) is 1. The highest BCUT2D eigenvalue weighted by atomic mass is 15.3. The summed E-state index contributed by atoms with van der Waals surface area (Å²) in [5.41, 5.74) is 3.29. The number of aromatic nitrogens is 3. The summed E-state index contributed by atoms with van der Waals surface area (Å²) in [5.74, 6) is 0.896. The van der Waals surface area contributed by atoms with Crippen molar-refractivity contribution < 1.29 is 0 Å². The molecule has 2 unspecified atom stereocenters. The Morgan fingerprint density at radius 3 is 3.00 bits per heavy atom. The lowest BCUT2D eigenvalue weighted by Crippen LogP contribution is -2.28. The molecule has 0 bridgehead atoms. The van der Waals surface area contributed by atoms with Crippen LogP contribution in [0.4, 0.5) is 0 Å². The maximum absolute atomic E-state index is 4.56. The molecular formula is C17H26N4. The van der Waals surface area contributed by atoms with Gasteiger partial charge in [0.25, 0.3) is 0 Å². The number of aryl methyl sites for hydroxylation is 2. The molecule has 0 aromatic carbocycles. The zero-order valence-corrected chi connectivity index (χ0v) is 13.4. The summed E-state index contributed by atoms with van der Waals surface area (Å²) in [6.07, 6.45) is 8.71. The molecule has 1 fully saturated rings. The Kier molecular flexibility index (Phi) is 4.24. The number of hydrogen-bond acceptors (Lipinski definition) is 3. The van der Waals surface area contributed by atoms with E-state index in [1.807, 2.05) is 24.9 Å². The quantitative estimate of drug-likeness (QED) is 0.880. The third-order valence-electron chi connectivity index (χ3n) is 4.77. The smallest absolute Gasteiger partial charge is 0.157 e. The third-order valence-corrected chi connectivity index (χ3v) is 4.77. The van der Waals surface area contributed by atoms with Gasteiger partial charge in [-0.15, -0.1) is 0 Å². The first-order valence-electron chi connectivity index (χ1n) is 8.15. The van der Waals surface area contributed by atoms with Gasteiger partial charge < -0.3 is 5.32 Å². The van der Waals surface area contributed by atoms with Crippen molar-refractivity contribution in [3.05, 3.63) is 23.5 Å². The van der Waals surface area contributed by atoms with Crippen molar-refractivity contribution in [2.45, 2.75) is 58.5 Å². The lowest BCUT2D eigenvalue weighted by atomic mass is 10.0. The molecule has 1 N–H and O–H groups in total. The van der Waals surface area contributed by atoms with Crippen molar-refractivity contribution in [1.82, 2.24) is 20.1 Å². The van der Waals surface area contributed by atoms with Gasteiger partial charge in [-0.25, -0.2) is 4.98 Å². The molecule has 1 aliphatic carbocycles. The van der Waals surface area contributed by atoms with E-state index in [0.717, 1.165) is 23.8 Å². The molecule has 2 aromatic rings. The predicted molar refractivity (Wildman–Crippen MR) is 86.1 cm³/mol. The van der Waals surface area contributed by atoms with Gasteiger partial charge in [-0.1, -0.05) is 19.8 Å². The molecule has 2 atom stereocenters. The van der Waals surface area contributed by atoms with E-state index >= 15 is 0 Å². The maximum Gasteiger partial charge on any atom is 0.157 e. The molecule has 2 aromatic heterocycles. The minimum atomic E-state index is 0.667. The Labute approximate surface area is 126 Å². The van der Waals surface area contributed by atoms with E-state index in [4.69, 9.17) is 0 Å². The minimum Gasteiger partial charge on any atom is -0.310 e. The largest absolute Gasteiger partial charge is 0.310 e. The molecular weight excluding hydrogens is 260 g/mol. The van der Waals surface area contributed by atoms with Crippen molar-refractivity contribution in [3.8, 4) is 0 Å². The van der Waals surface area contributed by atoms with E-state index in [0.29, 0.717) is 6.04 Å². The van der Waals surface area contributed by atoms with E-state index in [-0.39, 0.29) is 0 Å². The van der Waals surface area contributed by atoms with E-state index in [1.165, 1.54) is 43.1 Å². The monoisotopic (exact) mass is 286 g/mol. The summed E-state index contributed by atoms with van der Waals surface area (Å²) in [7, 11) is 1.95. The van der Waals surface area contributed by atoms with E-state index in [9.17, 15) is 0 Å². The third kappa shape index (κ3) is 3.26. The minimum absolute atomic E-state index is 0.667. The second-order valence-corrected chi connectivity index (χ2v) is 6.62. The summed E-state index contributed by atoms with van der Waals surface area (Å²) >= 11 is 0. The molecule has 1 saturated carbocycles. The van der Waals surface area contributed by atoms with Crippen LogP contribution in [-0.4, -0.2) is 20.8 Å². The van der Waals surface area contributed by atoms with E-state index < -0.39 is 0 Å². The number of fused-ring (bicyclic) bond motifs is 1. The van der Waals surface area contributed by atoms with Crippen LogP contribution in [0.2, 0.25) is 0 Å². The second kappa shape index (κ2) is 6.14. The Morgan fingerprint density at radius 1 is 1.29 bits per heavy atom. The number of pyridine rings is 1. The summed E-state index contributed by atoms with van der Waals surface area (Å²) in [6.45, 7) is 5.34. The van der Waals surface area contributed by atoms with Crippen LogP contribution in [0.15, 0.2) is 12.3 Å². The van der Waals surface area contributed by atoms with Gasteiger partial charge in [-0.3, -0.25) is 4.68 Å². The van der Waals surface area contributed by atoms with Crippen LogP contribution in [0, 0.1) is 12.8 Å². The van der Waals surface area contributed by atoms with Gasteiger partial charge in [0.1, 0.15) is 0 Å². The van der Waals surface area contributed by atoms with Gasteiger partial charge in [0.15, 0.2) is 5.65 Å². The van der Waals surface area contributed by atoms with Gasteiger partial charge in [0.2, 0.25) is 0 Å². The molecule has 1 aliphatic rings. The summed E-state index contributed by atoms with van der Waals surface area (Å²) < 4.78 is 1.86. The SMILES string of the molecule is Cc1nn(C)c2ncc(CNC3CCCC(C)CC3)cc12. The van der Waals surface area contributed by atoms with Crippen LogP contribution in [0.1, 0.15) is 50.3 Å². The van der Waals surface area contributed by atoms with Gasteiger partial charge in [-0.05, 0) is 43.7 Å². The fourth-order valence-electron chi connectivity index (χ4n) is 3.40. The Balaban J connectivity index is 1.66. The fraction of sp³-hybridized carbons (Fsp3) is 0.647. The molecule has 4 nitrogen and oxygen atoms in total. The highest BCUT2D eigenvalue weighted by Crippen LogP contribution is 2.23. The van der Waals surface area contributed by atoms with Crippen LogP contribution in [-0.2, 0) is 13.6 Å². The molecule has 2 heterocycles. The molecule has 0 aliphatic heterocycles. The topological polar surface area (TPSA) is 42.7 Å². The van der Waals surface area contributed by atoms with Gasteiger partial charge >= 0.3 is 0 Å².